The number of carbonyl (C=O) groups excluding carboxylic acids is 8. The normalized spacial score (nSPS) is 14.8. The predicted octanol–water partition coefficient (Wildman–Crippen LogP) is -6.54. The van der Waals surface area contributed by atoms with Gasteiger partial charge in [-0.2, -0.15) is 0 Å². The van der Waals surface area contributed by atoms with Gasteiger partial charge in [-0.05, 0) is 25.7 Å². The van der Waals surface area contributed by atoms with Crippen molar-refractivity contribution in [1.29, 1.82) is 0 Å². The Kier molecular flexibility index (Phi) is 20.3. The van der Waals surface area contributed by atoms with Gasteiger partial charge in [-0.25, -0.2) is 4.79 Å². The molecule has 24 heteroatoms. The van der Waals surface area contributed by atoms with Crippen LogP contribution in [0.4, 0.5) is 0 Å². The summed E-state index contributed by atoms with van der Waals surface area (Å²) < 4.78 is 0. The fraction of sp³-hybridized carbons (Fsp3) is 0.621. The van der Waals surface area contributed by atoms with Crippen LogP contribution in [0.5, 0.6) is 0 Å². The molecule has 7 atom stereocenters. The Morgan fingerprint density at radius 1 is 0.528 bits per heavy atom. The molecule has 0 aliphatic heterocycles. The first-order valence-electron chi connectivity index (χ1n) is 15.9. The van der Waals surface area contributed by atoms with Crippen molar-refractivity contribution in [3.63, 3.8) is 0 Å². The highest BCUT2D eigenvalue weighted by Gasteiger charge is 2.34. The number of amides is 8. The molecule has 298 valence electrons. The molecule has 0 saturated carbocycles. The largest absolute Gasteiger partial charge is 0.481 e. The summed E-state index contributed by atoms with van der Waals surface area (Å²) in [7, 11) is 0. The Balaban J connectivity index is 5.99. The number of hydrogen-bond donors (Lipinski definition) is 13. The van der Waals surface area contributed by atoms with Crippen molar-refractivity contribution in [2.24, 2.45) is 23.1 Å². The van der Waals surface area contributed by atoms with E-state index in [0.717, 1.165) is 0 Å². The van der Waals surface area contributed by atoms with E-state index in [-0.39, 0.29) is 12.3 Å². The molecule has 16 N–H and O–H groups in total. The molecule has 0 aromatic rings. The molecule has 0 aliphatic carbocycles. The van der Waals surface area contributed by atoms with E-state index in [2.05, 4.69) is 26.6 Å². The zero-order chi connectivity index (χ0) is 41.2. The van der Waals surface area contributed by atoms with E-state index >= 15 is 0 Å². The summed E-state index contributed by atoms with van der Waals surface area (Å²) in [5.41, 5.74) is 15.7. The monoisotopic (exact) mass is 761 g/mol. The van der Waals surface area contributed by atoms with Crippen LogP contribution in [0.15, 0.2) is 0 Å². The molecule has 0 fully saturated rings. The molecule has 0 heterocycles. The first kappa shape index (κ1) is 47.1. The number of rotatable bonds is 25. The second kappa shape index (κ2) is 22.8. The zero-order valence-electron chi connectivity index (χ0n) is 29.1. The lowest BCUT2D eigenvalue weighted by Crippen LogP contribution is -2.60. The zero-order valence-corrected chi connectivity index (χ0v) is 29.1. The van der Waals surface area contributed by atoms with Gasteiger partial charge in [0.25, 0.3) is 0 Å². The van der Waals surface area contributed by atoms with Crippen LogP contribution >= 0.6 is 0 Å². The minimum absolute atomic E-state index is 0.138. The standard InChI is InChI=1S/C29H47N9O15/c1-11(2)6-15(26(49)34-14(4-5-21(42)43)25(48)37-17(29(52)53)9-22(44)45)36-28(51)18(10-39)38-27(50)16(8-20(32)41)35-23(46)12(3)33-24(47)13(30)7-19(31)40/h11-18,39H,4-10,30H2,1-3H3,(H2,31,40)(H2,32,41)(H,33,47)(H,34,49)(H,35,46)(H,36,51)(H,37,48)(H,38,50)(H,42,43)(H,44,45)(H,52,53)/t12-,13-,14-,15-,16-,17-,18-/m0/s1. The molecule has 0 rings (SSSR count). The number of nitrogens with one attached hydrogen (secondary N) is 6. The van der Waals surface area contributed by atoms with Gasteiger partial charge in [-0.1, -0.05) is 13.8 Å². The maximum Gasteiger partial charge on any atom is 0.326 e. The number of carboxylic acids is 3. The van der Waals surface area contributed by atoms with Crippen molar-refractivity contribution in [1.82, 2.24) is 31.9 Å². The molecule has 0 aromatic heterocycles. The third-order valence-electron chi connectivity index (χ3n) is 6.98. The highest BCUT2D eigenvalue weighted by atomic mass is 16.4. The number of primary amides is 2. The quantitative estimate of drug-likeness (QED) is 0.0411. The maximum atomic E-state index is 13.3. The van der Waals surface area contributed by atoms with Gasteiger partial charge in [0.2, 0.25) is 47.3 Å². The van der Waals surface area contributed by atoms with Crippen LogP contribution in [0.1, 0.15) is 59.3 Å². The predicted molar refractivity (Wildman–Crippen MR) is 176 cm³/mol. The van der Waals surface area contributed by atoms with Crippen LogP contribution < -0.4 is 49.1 Å². The SMILES string of the molecule is CC(C)C[C@H](NC(=O)[C@H](CO)NC(=O)[C@H](CC(N)=O)NC(=O)[C@H](C)NC(=O)[C@@H](N)CC(N)=O)C(=O)N[C@@H](CCC(=O)O)C(=O)N[C@@H](CC(=O)O)C(=O)O. The molecule has 0 aliphatic rings. The lowest BCUT2D eigenvalue weighted by molar-refractivity contribution is -0.147. The number of aliphatic hydroxyl groups is 1. The van der Waals surface area contributed by atoms with E-state index in [0.29, 0.717) is 0 Å². The molecule has 0 radical (unpaired) electrons. The Bertz CT molecular complexity index is 1410. The fourth-order valence-corrected chi connectivity index (χ4v) is 4.30. The first-order chi connectivity index (χ1) is 24.5. The van der Waals surface area contributed by atoms with E-state index in [1.165, 1.54) is 6.92 Å². The maximum absolute atomic E-state index is 13.3. The van der Waals surface area contributed by atoms with Gasteiger partial charge in [0.15, 0.2) is 0 Å². The summed E-state index contributed by atoms with van der Waals surface area (Å²) in [5, 5.41) is 50.0. The van der Waals surface area contributed by atoms with E-state index in [4.69, 9.17) is 27.4 Å². The van der Waals surface area contributed by atoms with Crippen molar-refractivity contribution in [3.05, 3.63) is 0 Å². The third kappa shape index (κ3) is 18.8. The average Bonchev–Trinajstić information content (AvgIpc) is 3.02. The van der Waals surface area contributed by atoms with Crippen LogP contribution in [0.25, 0.3) is 0 Å². The Hall–Kier alpha value is -5.91. The van der Waals surface area contributed by atoms with Gasteiger partial charge in [0, 0.05) is 6.42 Å². The van der Waals surface area contributed by atoms with Crippen LogP contribution in [-0.4, -0.2) is 134 Å². The van der Waals surface area contributed by atoms with Crippen LogP contribution in [0.2, 0.25) is 0 Å². The summed E-state index contributed by atoms with van der Waals surface area (Å²) >= 11 is 0. The lowest BCUT2D eigenvalue weighted by Gasteiger charge is -2.27. The van der Waals surface area contributed by atoms with Crippen LogP contribution in [-0.2, 0) is 52.7 Å². The molecule has 0 saturated heterocycles. The smallest absolute Gasteiger partial charge is 0.326 e. The number of hydrogen-bond acceptors (Lipinski definition) is 13. The van der Waals surface area contributed by atoms with Crippen molar-refractivity contribution in [2.45, 2.75) is 102 Å². The van der Waals surface area contributed by atoms with Gasteiger partial charge < -0.3 is 69.5 Å². The highest BCUT2D eigenvalue weighted by Crippen LogP contribution is 2.09. The molecule has 0 spiro atoms. The third-order valence-corrected chi connectivity index (χ3v) is 6.98. The fourth-order valence-electron chi connectivity index (χ4n) is 4.30. The van der Waals surface area contributed by atoms with Gasteiger partial charge in [-0.3, -0.25) is 47.9 Å². The van der Waals surface area contributed by atoms with E-state index in [1.54, 1.807) is 13.8 Å². The highest BCUT2D eigenvalue weighted by molar-refractivity contribution is 5.98. The second-order valence-corrected chi connectivity index (χ2v) is 12.2. The van der Waals surface area contributed by atoms with E-state index in [9.17, 15) is 63.0 Å². The number of carboxylic acid groups (broad SMARTS) is 3. The summed E-state index contributed by atoms with van der Waals surface area (Å²) in [4.78, 5) is 134. The summed E-state index contributed by atoms with van der Waals surface area (Å²) in [6, 6.07) is -11.6. The summed E-state index contributed by atoms with van der Waals surface area (Å²) in [6.45, 7) is 3.33. The second-order valence-electron chi connectivity index (χ2n) is 12.2. The molecular formula is C29H47N9O15. The Morgan fingerprint density at radius 3 is 1.45 bits per heavy atom. The number of aliphatic hydroxyl groups excluding tert-OH is 1. The molecular weight excluding hydrogens is 714 g/mol. The van der Waals surface area contributed by atoms with Gasteiger partial charge in [0.05, 0.1) is 31.9 Å². The Labute approximate surface area is 301 Å². The molecule has 0 aromatic carbocycles. The van der Waals surface area contributed by atoms with E-state index in [1.807, 2.05) is 5.32 Å². The van der Waals surface area contributed by atoms with Crippen molar-refractivity contribution < 1.29 is 73.2 Å². The number of carbonyl (C=O) groups is 11. The van der Waals surface area contributed by atoms with E-state index < -0.39 is 146 Å². The average molecular weight is 762 g/mol. The number of nitrogens with two attached hydrogens (primary N) is 3. The Morgan fingerprint density at radius 2 is 0.981 bits per heavy atom. The van der Waals surface area contributed by atoms with Crippen molar-refractivity contribution in [2.75, 3.05) is 6.61 Å². The molecule has 53 heavy (non-hydrogen) atoms. The van der Waals surface area contributed by atoms with Crippen LogP contribution in [0.3, 0.4) is 0 Å². The van der Waals surface area contributed by atoms with Crippen LogP contribution in [0, 0.1) is 5.92 Å². The lowest BCUT2D eigenvalue weighted by atomic mass is 10.0. The molecule has 24 nitrogen and oxygen atoms in total. The molecule has 0 bridgehead atoms. The summed E-state index contributed by atoms with van der Waals surface area (Å²) in [6.07, 6.45) is -3.84. The first-order valence-corrected chi connectivity index (χ1v) is 15.9. The minimum atomic E-state index is -1.94. The van der Waals surface area contributed by atoms with Crippen molar-refractivity contribution in [3.8, 4) is 0 Å². The van der Waals surface area contributed by atoms with Crippen molar-refractivity contribution >= 4 is 65.2 Å². The van der Waals surface area contributed by atoms with Gasteiger partial charge in [0.1, 0.15) is 36.3 Å². The number of aliphatic carboxylic acids is 3. The minimum Gasteiger partial charge on any atom is -0.481 e. The topological polar surface area (TPSA) is 419 Å². The molecule has 0 unspecified atom stereocenters. The summed E-state index contributed by atoms with van der Waals surface area (Å²) in [5.74, 6) is -13.8. The van der Waals surface area contributed by atoms with Gasteiger partial charge in [-0.15, -0.1) is 0 Å². The van der Waals surface area contributed by atoms with Gasteiger partial charge >= 0.3 is 17.9 Å². The molecule has 8 amide bonds.